The molecule has 3 saturated heterocycles. The first-order chi connectivity index (χ1) is 18.2. The van der Waals surface area contributed by atoms with Crippen molar-refractivity contribution in [2.24, 2.45) is 0 Å². The van der Waals surface area contributed by atoms with Crippen molar-refractivity contribution >= 4 is 34.4 Å². The monoisotopic (exact) mass is 540 g/mol. The fraction of sp³-hybridized carbons (Fsp3) is 0.556. The predicted octanol–water partition coefficient (Wildman–Crippen LogP) is 4.57. The van der Waals surface area contributed by atoms with Crippen molar-refractivity contribution in [2.45, 2.75) is 63.7 Å². The lowest BCUT2D eigenvalue weighted by Gasteiger charge is -2.34. The number of morpholine rings is 1. The first-order valence-corrected chi connectivity index (χ1v) is 13.5. The van der Waals surface area contributed by atoms with E-state index < -0.39 is 5.60 Å². The normalized spacial score (nSPS) is 21.9. The van der Waals surface area contributed by atoms with Gasteiger partial charge in [0.25, 0.3) is 0 Å². The van der Waals surface area contributed by atoms with E-state index in [2.05, 4.69) is 26.0 Å². The van der Waals surface area contributed by atoms with Gasteiger partial charge in [-0.1, -0.05) is 11.6 Å². The van der Waals surface area contributed by atoms with Crippen LogP contribution < -0.4 is 9.64 Å². The molecule has 3 aromatic rings. The number of carbonyl (C=O) groups excluding carboxylic acids is 1. The summed E-state index contributed by atoms with van der Waals surface area (Å²) in [6, 6.07) is 6.65. The van der Waals surface area contributed by atoms with Gasteiger partial charge in [0.15, 0.2) is 5.82 Å². The molecule has 2 aromatic heterocycles. The van der Waals surface area contributed by atoms with Crippen LogP contribution in [0.3, 0.4) is 0 Å². The first-order valence-electron chi connectivity index (χ1n) is 13.2. The topological polar surface area (TPSA) is 94.8 Å². The Labute approximate surface area is 226 Å². The Morgan fingerprint density at radius 1 is 1.13 bits per heavy atom. The summed E-state index contributed by atoms with van der Waals surface area (Å²) in [4.78, 5) is 25.8. The summed E-state index contributed by atoms with van der Waals surface area (Å²) < 4.78 is 18.6. The molecule has 2 atom stereocenters. The third kappa shape index (κ3) is 4.75. The molecule has 0 radical (unpaired) electrons. The molecule has 38 heavy (non-hydrogen) atoms. The molecule has 202 valence electrons. The van der Waals surface area contributed by atoms with Crippen LogP contribution in [0.25, 0.3) is 16.7 Å². The average molecular weight is 541 g/mol. The van der Waals surface area contributed by atoms with Gasteiger partial charge in [-0.2, -0.15) is 15.1 Å². The standard InChI is InChI=1S/C27H33ClN6O4/c1-27(2,3)38-26(35)32-7-5-16(6-8-32)20-11-22-17(9-21(20)28)13-29-34(22)24-12-23(30-25(31-24)36-4)33-14-19-10-18(33)15-37-19/h9,11-13,16,18-19H,5-8,10,14-15H2,1-4H3/t18-,19-/m0/s1. The van der Waals surface area contributed by atoms with Crippen LogP contribution in [0.2, 0.25) is 5.02 Å². The zero-order chi connectivity index (χ0) is 26.6. The van der Waals surface area contributed by atoms with Gasteiger partial charge in [-0.05, 0) is 63.6 Å². The third-order valence-corrected chi connectivity index (χ3v) is 7.87. The number of piperidine rings is 1. The van der Waals surface area contributed by atoms with Crippen LogP contribution in [0.15, 0.2) is 24.4 Å². The van der Waals surface area contributed by atoms with Crippen LogP contribution in [-0.2, 0) is 9.47 Å². The summed E-state index contributed by atoms with van der Waals surface area (Å²) in [5.41, 5.74) is 1.46. The van der Waals surface area contributed by atoms with Gasteiger partial charge in [0.2, 0.25) is 0 Å². The summed E-state index contributed by atoms with van der Waals surface area (Å²) in [6.07, 6.45) is 4.42. The number of rotatable bonds is 4. The Balaban J connectivity index is 1.28. The molecule has 11 heteroatoms. The molecule has 3 aliphatic rings. The fourth-order valence-corrected chi connectivity index (χ4v) is 6.01. The molecular weight excluding hydrogens is 508 g/mol. The zero-order valence-electron chi connectivity index (χ0n) is 22.2. The first kappa shape index (κ1) is 25.2. The van der Waals surface area contributed by atoms with E-state index in [1.165, 1.54) is 0 Å². The van der Waals surface area contributed by atoms with Crippen molar-refractivity contribution in [1.29, 1.82) is 0 Å². The van der Waals surface area contributed by atoms with Crippen molar-refractivity contribution in [3.63, 3.8) is 0 Å². The number of anilines is 1. The second kappa shape index (κ2) is 9.57. The van der Waals surface area contributed by atoms with Crippen LogP contribution in [0.4, 0.5) is 10.6 Å². The number of aromatic nitrogens is 4. The molecule has 6 rings (SSSR count). The van der Waals surface area contributed by atoms with Gasteiger partial charge in [0.05, 0.1) is 37.6 Å². The molecule has 0 N–H and O–H groups in total. The van der Waals surface area contributed by atoms with E-state index in [0.29, 0.717) is 42.6 Å². The lowest BCUT2D eigenvalue weighted by molar-refractivity contribution is 0.0205. The van der Waals surface area contributed by atoms with Gasteiger partial charge in [-0.15, -0.1) is 0 Å². The molecule has 10 nitrogen and oxygen atoms in total. The largest absolute Gasteiger partial charge is 0.467 e. The number of likely N-dealkylation sites (tertiary alicyclic amines) is 1. The van der Waals surface area contributed by atoms with Crippen molar-refractivity contribution in [3.05, 3.63) is 35.0 Å². The fourth-order valence-electron chi connectivity index (χ4n) is 5.69. The molecule has 3 aliphatic heterocycles. The van der Waals surface area contributed by atoms with Crippen LogP contribution in [0, 0.1) is 0 Å². The minimum absolute atomic E-state index is 0.226. The third-order valence-electron chi connectivity index (χ3n) is 7.55. The van der Waals surface area contributed by atoms with Crippen molar-refractivity contribution in [2.75, 3.05) is 38.3 Å². The van der Waals surface area contributed by atoms with Crippen LogP contribution in [-0.4, -0.2) is 81.8 Å². The molecule has 2 bridgehead atoms. The number of amides is 1. The van der Waals surface area contributed by atoms with E-state index >= 15 is 0 Å². The molecule has 1 aromatic carbocycles. The molecule has 3 fully saturated rings. The van der Waals surface area contributed by atoms with Crippen molar-refractivity contribution in [3.8, 4) is 11.8 Å². The van der Waals surface area contributed by atoms with Gasteiger partial charge in [0.1, 0.15) is 11.4 Å². The van der Waals surface area contributed by atoms with Crippen molar-refractivity contribution < 1.29 is 19.0 Å². The maximum Gasteiger partial charge on any atom is 0.410 e. The summed E-state index contributed by atoms with van der Waals surface area (Å²) >= 11 is 6.77. The summed E-state index contributed by atoms with van der Waals surface area (Å²) in [7, 11) is 1.57. The highest BCUT2D eigenvalue weighted by Gasteiger charge is 2.40. The number of benzene rings is 1. The number of hydrogen-bond donors (Lipinski definition) is 0. The number of hydrogen-bond acceptors (Lipinski definition) is 8. The lowest BCUT2D eigenvalue weighted by atomic mass is 9.89. The number of nitrogens with zero attached hydrogens (tertiary/aromatic N) is 6. The highest BCUT2D eigenvalue weighted by atomic mass is 35.5. The van der Waals surface area contributed by atoms with Crippen LogP contribution >= 0.6 is 11.6 Å². The Morgan fingerprint density at radius 3 is 2.55 bits per heavy atom. The summed E-state index contributed by atoms with van der Waals surface area (Å²) in [5.74, 6) is 1.68. The maximum atomic E-state index is 12.5. The molecule has 0 spiro atoms. The van der Waals surface area contributed by atoms with Gasteiger partial charge in [0, 0.05) is 36.1 Å². The maximum absolute atomic E-state index is 12.5. The molecule has 1 amide bonds. The Morgan fingerprint density at radius 2 is 1.89 bits per heavy atom. The Bertz CT molecular complexity index is 1360. The summed E-state index contributed by atoms with van der Waals surface area (Å²) in [6.45, 7) is 8.43. The van der Waals surface area contributed by atoms with E-state index in [1.54, 1.807) is 18.2 Å². The minimum atomic E-state index is -0.508. The van der Waals surface area contributed by atoms with Gasteiger partial charge < -0.3 is 24.0 Å². The second-order valence-corrected chi connectivity index (χ2v) is 11.7. The number of carbonyl (C=O) groups is 1. The quantitative estimate of drug-likeness (QED) is 0.475. The van der Waals surface area contributed by atoms with Crippen LogP contribution in [0.1, 0.15) is 51.5 Å². The molecule has 0 aliphatic carbocycles. The number of ether oxygens (including phenoxy) is 3. The predicted molar refractivity (Wildman–Crippen MR) is 143 cm³/mol. The summed E-state index contributed by atoms with van der Waals surface area (Å²) in [5, 5.41) is 6.29. The zero-order valence-corrected chi connectivity index (χ0v) is 22.9. The van der Waals surface area contributed by atoms with Gasteiger partial charge >= 0.3 is 12.1 Å². The highest BCUT2D eigenvalue weighted by molar-refractivity contribution is 6.32. The molecular formula is C27H33ClN6O4. The number of methoxy groups -OCH3 is 1. The second-order valence-electron chi connectivity index (χ2n) is 11.3. The van der Waals surface area contributed by atoms with E-state index in [9.17, 15) is 4.79 Å². The Kier molecular flexibility index (Phi) is 6.34. The van der Waals surface area contributed by atoms with Crippen LogP contribution in [0.5, 0.6) is 6.01 Å². The van der Waals surface area contributed by atoms with Gasteiger partial charge in [-0.3, -0.25) is 0 Å². The van der Waals surface area contributed by atoms with E-state index in [1.807, 2.05) is 37.6 Å². The number of halogens is 1. The smallest absolute Gasteiger partial charge is 0.410 e. The minimum Gasteiger partial charge on any atom is -0.467 e. The average Bonchev–Trinajstić information content (AvgIpc) is 3.63. The molecule has 0 unspecified atom stereocenters. The molecule has 0 saturated carbocycles. The SMILES string of the molecule is COc1nc(N2C[C@@H]3C[C@H]2CO3)cc(-n2ncc3cc(Cl)c(C4CCN(C(=O)OC(C)(C)C)CC4)cc32)n1. The highest BCUT2D eigenvalue weighted by Crippen LogP contribution is 2.37. The lowest BCUT2D eigenvalue weighted by Crippen LogP contribution is -2.41. The van der Waals surface area contributed by atoms with E-state index in [-0.39, 0.29) is 18.1 Å². The van der Waals surface area contributed by atoms with Crippen molar-refractivity contribution in [1.82, 2.24) is 24.6 Å². The van der Waals surface area contributed by atoms with E-state index in [4.69, 9.17) is 25.8 Å². The van der Waals surface area contributed by atoms with E-state index in [0.717, 1.165) is 48.1 Å². The van der Waals surface area contributed by atoms with Gasteiger partial charge in [-0.25, -0.2) is 9.48 Å². The number of fused-ring (bicyclic) bond motifs is 3. The Hall–Kier alpha value is -3.11. The molecule has 5 heterocycles.